The molecule has 238 valence electrons. The van der Waals surface area contributed by atoms with E-state index in [1.54, 1.807) is 0 Å². The van der Waals surface area contributed by atoms with Gasteiger partial charge >= 0.3 is 0 Å². The molecular formula is C35H56N3O3PSi. The highest BCUT2D eigenvalue weighted by molar-refractivity contribution is 7.88. The Morgan fingerprint density at radius 1 is 0.860 bits per heavy atom. The van der Waals surface area contributed by atoms with Crippen LogP contribution in [0.5, 0.6) is 0 Å². The van der Waals surface area contributed by atoms with Gasteiger partial charge in [0.25, 0.3) is 0 Å². The maximum absolute atomic E-state index is 15.8. The molecule has 9 aliphatic rings. The van der Waals surface area contributed by atoms with Crippen molar-refractivity contribution in [3.63, 3.8) is 0 Å². The van der Waals surface area contributed by atoms with E-state index in [4.69, 9.17) is 14.4 Å². The molecule has 0 aromatic carbocycles. The maximum Gasteiger partial charge on any atom is 0.241 e. The van der Waals surface area contributed by atoms with Crippen molar-refractivity contribution in [2.45, 2.75) is 142 Å². The fourth-order valence-corrected chi connectivity index (χ4v) is 23.9. The zero-order chi connectivity index (χ0) is 30.5. The summed E-state index contributed by atoms with van der Waals surface area (Å²) in [6.45, 7) is 16.6. The van der Waals surface area contributed by atoms with Crippen LogP contribution in [0, 0.1) is 46.3 Å². The number of ketones is 1. The van der Waals surface area contributed by atoms with Crippen LogP contribution in [0.1, 0.15) is 126 Å². The number of carbonyl (C=O) groups is 1. The van der Waals surface area contributed by atoms with Crippen LogP contribution < -0.4 is 0 Å². The summed E-state index contributed by atoms with van der Waals surface area (Å²) in [7, 11) is -5.68. The first-order valence-electron chi connectivity index (χ1n) is 17.9. The number of hydrogen-bond acceptors (Lipinski definition) is 6. The molecular weight excluding hydrogens is 569 g/mol. The molecule has 8 heteroatoms. The second-order valence-electron chi connectivity index (χ2n) is 17.3. The van der Waals surface area contributed by atoms with E-state index in [2.05, 4.69) is 46.2 Å². The summed E-state index contributed by atoms with van der Waals surface area (Å²) in [5.41, 5.74) is 2.43. The molecule has 0 amide bonds. The van der Waals surface area contributed by atoms with Crippen molar-refractivity contribution in [3.05, 3.63) is 0 Å². The van der Waals surface area contributed by atoms with Gasteiger partial charge in [-0.1, -0.05) is 41.5 Å². The van der Waals surface area contributed by atoms with Crippen LogP contribution in [-0.4, -0.2) is 42.3 Å². The first-order valence-corrected chi connectivity index (χ1v) is 21.7. The predicted molar refractivity (Wildman–Crippen MR) is 178 cm³/mol. The smallest absolute Gasteiger partial charge is 0.241 e. The number of carbonyl (C=O) groups excluding carboxylic acids is 2. The topological polar surface area (TPSA) is 71.3 Å². The summed E-state index contributed by atoms with van der Waals surface area (Å²) < 4.78 is 14.2. The van der Waals surface area contributed by atoms with E-state index in [0.29, 0.717) is 41.0 Å². The Hall–Kier alpha value is -1.00. The zero-order valence-corrected chi connectivity index (χ0v) is 29.8. The van der Waals surface area contributed by atoms with Crippen LogP contribution >= 0.6 is 7.26 Å². The van der Waals surface area contributed by atoms with Gasteiger partial charge in [0.15, 0.2) is 21.3 Å². The largest absolute Gasteiger partial charge is 0.335 e. The molecule has 0 spiro atoms. The Balaban J connectivity index is 1.51. The Labute approximate surface area is 261 Å². The number of isocyanates is 1. The van der Waals surface area contributed by atoms with Crippen LogP contribution in [0.4, 0.5) is 0 Å². The molecule has 6 nitrogen and oxygen atoms in total. The van der Waals surface area contributed by atoms with Crippen LogP contribution in [0.2, 0.25) is 16.6 Å². The molecule has 0 radical (unpaired) electrons. The van der Waals surface area contributed by atoms with E-state index in [1.165, 1.54) is 38.5 Å². The van der Waals surface area contributed by atoms with Gasteiger partial charge in [-0.2, -0.15) is 5.10 Å². The molecule has 8 bridgehead atoms. The standard InChI is InChI=1S/C35H56N3O3PSi/c1-8-41-42(36-21-39)32(31(40)34-15-25-9-26(16-34)11-27(10-25)17-34)38(43(22(2)3,23(4)5)24(6)7)37-33(42)35-18-28-12-29(19-35)14-30(13-28)20-35/h22-30H,8-20H2,1-7H3. The molecule has 0 N–H and O–H groups in total. The summed E-state index contributed by atoms with van der Waals surface area (Å²) in [6.07, 6.45) is 16.3. The molecule has 8 saturated carbocycles. The van der Waals surface area contributed by atoms with Crippen LogP contribution in [-0.2, 0) is 14.1 Å². The van der Waals surface area contributed by atoms with Gasteiger partial charge in [-0.3, -0.25) is 9.47 Å². The van der Waals surface area contributed by atoms with Crippen molar-refractivity contribution in [1.29, 1.82) is 0 Å². The third-order valence-electron chi connectivity index (χ3n) is 13.8. The van der Waals surface area contributed by atoms with E-state index in [9.17, 15) is 4.79 Å². The lowest BCUT2D eigenvalue weighted by molar-refractivity contribution is -0.137. The van der Waals surface area contributed by atoms with Gasteiger partial charge in [0.2, 0.25) is 6.08 Å². The first-order chi connectivity index (χ1) is 20.4. The van der Waals surface area contributed by atoms with Crippen molar-refractivity contribution < 1.29 is 14.1 Å². The molecule has 43 heavy (non-hydrogen) atoms. The molecule has 8 fully saturated rings. The zero-order valence-electron chi connectivity index (χ0n) is 27.9. The average Bonchev–Trinajstić information content (AvgIpc) is 3.22. The Morgan fingerprint density at radius 2 is 1.28 bits per heavy atom. The van der Waals surface area contributed by atoms with Crippen molar-refractivity contribution in [2.75, 3.05) is 6.61 Å². The minimum atomic E-state index is -3.19. The quantitative estimate of drug-likeness (QED) is 0.105. The summed E-state index contributed by atoms with van der Waals surface area (Å²) in [5, 5.41) is 5.84. The summed E-state index contributed by atoms with van der Waals surface area (Å²) in [6, 6.07) is 0. The van der Waals surface area contributed by atoms with Gasteiger partial charge in [0, 0.05) is 10.8 Å². The number of Topliss-reactive ketones (excluding diaryl/α,β-unsaturated/α-hetero) is 1. The van der Waals surface area contributed by atoms with Gasteiger partial charge in [0.05, 0.1) is 6.61 Å². The lowest BCUT2D eigenvalue weighted by Gasteiger charge is -2.57. The molecule has 0 aromatic heterocycles. The lowest BCUT2D eigenvalue weighted by atomic mass is 9.48. The fourth-order valence-electron chi connectivity index (χ4n) is 13.6. The fraction of sp³-hybridized carbons (Fsp3) is 0.886. The van der Waals surface area contributed by atoms with Crippen LogP contribution in [0.15, 0.2) is 9.86 Å². The summed E-state index contributed by atoms with van der Waals surface area (Å²) in [4.78, 5) is 28.4. The summed E-state index contributed by atoms with van der Waals surface area (Å²) >= 11 is 0. The Bertz CT molecular complexity index is 1220. The minimum Gasteiger partial charge on any atom is -0.335 e. The number of hydrogen-bond donors (Lipinski definition) is 0. The van der Waals surface area contributed by atoms with E-state index in [0.717, 1.165) is 67.1 Å². The Morgan fingerprint density at radius 3 is 1.65 bits per heavy atom. The third-order valence-corrected chi connectivity index (χ3v) is 23.7. The molecule has 0 saturated heterocycles. The van der Waals surface area contributed by atoms with E-state index >= 15 is 4.79 Å². The monoisotopic (exact) mass is 625 g/mol. The summed E-state index contributed by atoms with van der Waals surface area (Å²) in [5.74, 6) is 4.40. The average molecular weight is 626 g/mol. The molecule has 1 aliphatic heterocycles. The molecule has 8 aliphatic carbocycles. The van der Waals surface area contributed by atoms with Crippen molar-refractivity contribution in [3.8, 4) is 0 Å². The van der Waals surface area contributed by atoms with Crippen LogP contribution in [0.25, 0.3) is 0 Å². The van der Waals surface area contributed by atoms with E-state index < -0.39 is 15.5 Å². The number of hydrazone groups is 1. The molecule has 0 aromatic rings. The van der Waals surface area contributed by atoms with Gasteiger partial charge in [-0.15, -0.1) is 4.76 Å². The molecule has 1 atom stereocenters. The van der Waals surface area contributed by atoms with E-state index in [-0.39, 0.29) is 16.6 Å². The first kappa shape index (κ1) is 30.6. The SMILES string of the molecule is CCOP1(N=C=O)=C(C(=O)C23CC4CC(CC(C4)C2)C3)N([Si](C(C)C)(C(C)C)C(C)C)N=C1C12CC3CC(CC(C3)C1)C2. The van der Waals surface area contributed by atoms with Gasteiger partial charge < -0.3 is 4.52 Å². The third kappa shape index (κ3) is 4.26. The highest BCUT2D eigenvalue weighted by atomic mass is 31.2. The number of nitrogens with zero attached hydrogens (tertiary/aromatic N) is 3. The normalized spacial score (nSPS) is 42.9. The highest BCUT2D eigenvalue weighted by Crippen LogP contribution is 2.72. The van der Waals surface area contributed by atoms with Crippen molar-refractivity contribution >= 4 is 38.2 Å². The molecule has 1 heterocycles. The second kappa shape index (κ2) is 10.5. The maximum atomic E-state index is 15.8. The number of rotatable bonds is 10. The Kier molecular flexibility index (Phi) is 7.49. The lowest BCUT2D eigenvalue weighted by Crippen LogP contribution is -2.63. The predicted octanol–water partition coefficient (Wildman–Crippen LogP) is 9.14. The van der Waals surface area contributed by atoms with Gasteiger partial charge in [0.1, 0.15) is 10.9 Å². The van der Waals surface area contributed by atoms with Crippen molar-refractivity contribution in [2.24, 2.45) is 56.2 Å². The van der Waals surface area contributed by atoms with Crippen molar-refractivity contribution in [1.82, 2.24) is 4.67 Å². The minimum absolute atomic E-state index is 0.106. The highest BCUT2D eigenvalue weighted by Gasteiger charge is 2.65. The molecule has 9 rings (SSSR count). The second-order valence-corrected chi connectivity index (χ2v) is 25.4. The van der Waals surface area contributed by atoms with Gasteiger partial charge in [-0.25, -0.2) is 4.79 Å². The van der Waals surface area contributed by atoms with E-state index in [1.807, 2.05) is 13.0 Å². The molecule has 1 unspecified atom stereocenters. The van der Waals surface area contributed by atoms with Crippen LogP contribution in [0.3, 0.4) is 0 Å². The van der Waals surface area contributed by atoms with Gasteiger partial charge in [-0.05, 0) is 136 Å².